The van der Waals surface area contributed by atoms with Crippen LogP contribution in [0.1, 0.15) is 24.0 Å². The van der Waals surface area contributed by atoms with Gasteiger partial charge in [0.1, 0.15) is 12.4 Å². The number of benzene rings is 3. The minimum absolute atomic E-state index is 0.601. The van der Waals surface area contributed by atoms with E-state index in [-0.39, 0.29) is 0 Å². The molecule has 5 rings (SSSR count). The van der Waals surface area contributed by atoms with Gasteiger partial charge in [-0.15, -0.1) is 11.3 Å². The van der Waals surface area contributed by atoms with E-state index in [2.05, 4.69) is 65.6 Å². The lowest BCUT2D eigenvalue weighted by Crippen LogP contribution is -2.21. The molecule has 3 aromatic carbocycles. The van der Waals surface area contributed by atoms with Crippen molar-refractivity contribution in [3.05, 3.63) is 90.0 Å². The first-order chi connectivity index (χ1) is 14.8. The Labute approximate surface area is 182 Å². The van der Waals surface area contributed by atoms with E-state index in [9.17, 15) is 0 Å². The predicted molar refractivity (Wildman–Crippen MR) is 127 cm³/mol. The van der Waals surface area contributed by atoms with E-state index in [1.165, 1.54) is 64.1 Å². The lowest BCUT2D eigenvalue weighted by atomic mass is 10.1. The first-order valence-corrected chi connectivity index (χ1v) is 11.7. The lowest BCUT2D eigenvalue weighted by molar-refractivity contribution is 0.306. The molecule has 0 aliphatic carbocycles. The van der Waals surface area contributed by atoms with Crippen molar-refractivity contribution in [1.29, 1.82) is 0 Å². The summed E-state index contributed by atoms with van der Waals surface area (Å²) in [5.41, 5.74) is 3.92. The summed E-state index contributed by atoms with van der Waals surface area (Å²) in [4.78, 5) is 3.90. The molecule has 2 heterocycles. The Morgan fingerprint density at radius 2 is 1.60 bits per heavy atom. The van der Waals surface area contributed by atoms with Crippen molar-refractivity contribution in [2.75, 3.05) is 19.6 Å². The summed E-state index contributed by atoms with van der Waals surface area (Å²) >= 11 is 1.84. The Morgan fingerprint density at radius 3 is 2.40 bits per heavy atom. The number of nitrogens with zero attached hydrogens (tertiary/aromatic N) is 1. The third-order valence-corrected chi connectivity index (χ3v) is 7.04. The minimum atomic E-state index is 0.601. The van der Waals surface area contributed by atoms with Gasteiger partial charge in [0.05, 0.1) is 0 Å². The number of rotatable bonds is 7. The van der Waals surface area contributed by atoms with Gasteiger partial charge in [-0.3, -0.25) is 0 Å². The van der Waals surface area contributed by atoms with Crippen molar-refractivity contribution in [1.82, 2.24) is 4.90 Å². The number of thiophene rings is 1. The molecular formula is C27H27NOS. The molecule has 0 atom stereocenters. The molecule has 3 heteroatoms. The van der Waals surface area contributed by atoms with Crippen LogP contribution in [0.25, 0.3) is 20.5 Å². The minimum Gasteiger partial charge on any atom is -0.489 e. The third-order valence-electron chi connectivity index (χ3n) is 5.89. The number of likely N-dealkylation sites (tertiary alicyclic amines) is 1. The van der Waals surface area contributed by atoms with Gasteiger partial charge in [0.2, 0.25) is 0 Å². The number of hydrogen-bond donors (Lipinski definition) is 0. The zero-order chi connectivity index (χ0) is 20.2. The van der Waals surface area contributed by atoms with Gasteiger partial charge in [-0.2, -0.15) is 0 Å². The molecular weight excluding hydrogens is 386 g/mol. The summed E-state index contributed by atoms with van der Waals surface area (Å²) in [6, 6.07) is 28.1. The normalized spacial score (nSPS) is 14.4. The van der Waals surface area contributed by atoms with Gasteiger partial charge in [-0.05, 0) is 78.7 Å². The van der Waals surface area contributed by atoms with Crippen LogP contribution in [0.2, 0.25) is 0 Å². The fourth-order valence-corrected chi connectivity index (χ4v) is 5.21. The van der Waals surface area contributed by atoms with Gasteiger partial charge >= 0.3 is 0 Å². The molecule has 0 N–H and O–H groups in total. The molecule has 1 aromatic heterocycles. The van der Waals surface area contributed by atoms with Crippen molar-refractivity contribution in [3.8, 4) is 16.2 Å². The molecule has 0 spiro atoms. The van der Waals surface area contributed by atoms with Crippen molar-refractivity contribution in [2.24, 2.45) is 0 Å². The van der Waals surface area contributed by atoms with Crippen LogP contribution in [0.4, 0.5) is 0 Å². The van der Waals surface area contributed by atoms with E-state index in [1.807, 2.05) is 29.5 Å². The number of ether oxygens (including phenoxy) is 1. The summed E-state index contributed by atoms with van der Waals surface area (Å²) in [5.74, 6) is 0.928. The van der Waals surface area contributed by atoms with Gasteiger partial charge < -0.3 is 9.64 Å². The maximum Gasteiger partial charge on any atom is 0.121 e. The second-order valence-electron chi connectivity index (χ2n) is 8.08. The SMILES string of the molecule is c1ccc(COc2ccc3cc(-c4ccc(CCN5CCCC5)cc4)sc3c2)cc1. The Kier molecular flexibility index (Phi) is 5.82. The van der Waals surface area contributed by atoms with Crippen LogP contribution in [0, 0.1) is 0 Å². The third kappa shape index (κ3) is 4.58. The van der Waals surface area contributed by atoms with Gasteiger partial charge in [-0.1, -0.05) is 54.6 Å². The lowest BCUT2D eigenvalue weighted by Gasteiger charge is -2.14. The van der Waals surface area contributed by atoms with Crippen LogP contribution < -0.4 is 4.74 Å². The molecule has 152 valence electrons. The van der Waals surface area contributed by atoms with Crippen LogP contribution in [0.15, 0.2) is 78.9 Å². The molecule has 30 heavy (non-hydrogen) atoms. The molecule has 2 nitrogen and oxygen atoms in total. The fourth-order valence-electron chi connectivity index (χ4n) is 4.11. The van der Waals surface area contributed by atoms with Crippen LogP contribution in [-0.2, 0) is 13.0 Å². The standard InChI is InChI=1S/C27H27NOS/c1-2-6-22(7-3-1)20-29-25-13-12-24-18-26(30-27(24)19-25)23-10-8-21(9-11-23)14-17-28-15-4-5-16-28/h1-3,6-13,18-19H,4-5,14-17,20H2. The topological polar surface area (TPSA) is 12.5 Å². The van der Waals surface area contributed by atoms with Crippen LogP contribution >= 0.6 is 11.3 Å². The molecule has 1 aliphatic rings. The highest BCUT2D eigenvalue weighted by molar-refractivity contribution is 7.22. The zero-order valence-electron chi connectivity index (χ0n) is 17.2. The second-order valence-corrected chi connectivity index (χ2v) is 9.16. The quantitative estimate of drug-likeness (QED) is 0.331. The first kappa shape index (κ1) is 19.3. The van der Waals surface area contributed by atoms with E-state index in [0.717, 1.165) is 12.2 Å². The molecule has 4 aromatic rings. The van der Waals surface area contributed by atoms with E-state index < -0.39 is 0 Å². The maximum atomic E-state index is 6.00. The second kappa shape index (κ2) is 9.03. The zero-order valence-corrected chi connectivity index (χ0v) is 18.0. The van der Waals surface area contributed by atoms with Gasteiger partial charge in [0, 0.05) is 16.1 Å². The first-order valence-electron chi connectivity index (χ1n) is 10.9. The summed E-state index contributed by atoms with van der Waals surface area (Å²) in [7, 11) is 0. The maximum absolute atomic E-state index is 6.00. The molecule has 0 radical (unpaired) electrons. The molecule has 1 fully saturated rings. The van der Waals surface area contributed by atoms with Crippen molar-refractivity contribution in [2.45, 2.75) is 25.9 Å². The highest BCUT2D eigenvalue weighted by Crippen LogP contribution is 2.35. The van der Waals surface area contributed by atoms with E-state index in [4.69, 9.17) is 4.74 Å². The van der Waals surface area contributed by atoms with Crippen molar-refractivity contribution < 1.29 is 4.74 Å². The van der Waals surface area contributed by atoms with Crippen LogP contribution in [0.3, 0.4) is 0 Å². The summed E-state index contributed by atoms with van der Waals surface area (Å²) in [5, 5.41) is 1.28. The summed E-state index contributed by atoms with van der Waals surface area (Å²) < 4.78 is 7.27. The van der Waals surface area contributed by atoms with Gasteiger partial charge in [0.15, 0.2) is 0 Å². The van der Waals surface area contributed by atoms with Crippen molar-refractivity contribution >= 4 is 21.4 Å². The Morgan fingerprint density at radius 1 is 0.800 bits per heavy atom. The molecule has 0 amide bonds. The number of fused-ring (bicyclic) bond motifs is 1. The van der Waals surface area contributed by atoms with Crippen molar-refractivity contribution in [3.63, 3.8) is 0 Å². The average Bonchev–Trinajstić information content (AvgIpc) is 3.47. The highest BCUT2D eigenvalue weighted by Gasteiger charge is 2.11. The Hall–Kier alpha value is -2.62. The van der Waals surface area contributed by atoms with Gasteiger partial charge in [-0.25, -0.2) is 0 Å². The molecule has 1 saturated heterocycles. The fraction of sp³-hybridized carbons (Fsp3) is 0.259. The summed E-state index contributed by atoms with van der Waals surface area (Å²) in [6.45, 7) is 4.34. The average molecular weight is 414 g/mol. The molecule has 0 bridgehead atoms. The smallest absolute Gasteiger partial charge is 0.121 e. The largest absolute Gasteiger partial charge is 0.489 e. The van der Waals surface area contributed by atoms with E-state index in [1.54, 1.807) is 0 Å². The number of hydrogen-bond acceptors (Lipinski definition) is 3. The molecule has 1 aliphatic heterocycles. The van der Waals surface area contributed by atoms with Crippen LogP contribution in [-0.4, -0.2) is 24.5 Å². The molecule has 0 saturated carbocycles. The van der Waals surface area contributed by atoms with E-state index in [0.29, 0.717) is 6.61 Å². The Bertz CT molecular complexity index is 1090. The Balaban J connectivity index is 1.26. The van der Waals surface area contributed by atoms with Crippen LogP contribution in [0.5, 0.6) is 5.75 Å². The monoisotopic (exact) mass is 413 g/mol. The summed E-state index contributed by atoms with van der Waals surface area (Å²) in [6.07, 6.45) is 3.88. The van der Waals surface area contributed by atoms with Gasteiger partial charge in [0.25, 0.3) is 0 Å². The van der Waals surface area contributed by atoms with E-state index >= 15 is 0 Å². The predicted octanol–water partition coefficient (Wildman–Crippen LogP) is 6.79. The molecule has 0 unspecified atom stereocenters. The highest BCUT2D eigenvalue weighted by atomic mass is 32.1.